The fraction of sp³-hybridized carbons (Fsp3) is 0.364. The predicted molar refractivity (Wildman–Crippen MR) is 55.6 cm³/mol. The van der Waals surface area contributed by atoms with Crippen LogP contribution in [0.2, 0.25) is 0 Å². The number of hydrogen-bond acceptors (Lipinski definition) is 0. The lowest BCUT2D eigenvalue weighted by Gasteiger charge is -1.99. The molecule has 0 spiro atoms. The number of rotatable bonds is 6. The molecule has 1 nitrogen and oxygen atoms in total. The molecule has 0 saturated carbocycles. The average molecular weight is 164 g/mol. The minimum atomic E-state index is 0.928. The number of nitrogens with zero attached hydrogens (tertiary/aromatic N) is 1. The van der Waals surface area contributed by atoms with E-state index in [1.54, 1.807) is 6.20 Å². The normalized spacial score (nSPS) is 10.9. The highest BCUT2D eigenvalue weighted by Gasteiger charge is 1.97. The Morgan fingerprint density at radius 1 is 1.42 bits per heavy atom. The molecule has 0 aliphatic heterocycles. The zero-order valence-electron chi connectivity index (χ0n) is 7.92. The van der Waals surface area contributed by atoms with E-state index in [0.29, 0.717) is 0 Å². The van der Waals surface area contributed by atoms with E-state index in [0.717, 1.165) is 19.4 Å². The fourth-order valence-electron chi connectivity index (χ4n) is 0.923. The second-order valence-corrected chi connectivity index (χ2v) is 2.66. The van der Waals surface area contributed by atoms with E-state index in [1.807, 2.05) is 10.7 Å². The standard InChI is InChI=1S/C11H18N/c1-5-8-11(6-2)9-10-12(4)7-3/h5,7-8H,1,3-4,6,9-10H2,2H3/q+1/b11-8+. The van der Waals surface area contributed by atoms with Crippen LogP contribution >= 0.6 is 0 Å². The van der Waals surface area contributed by atoms with Gasteiger partial charge in [0.15, 0.2) is 12.7 Å². The topological polar surface area (TPSA) is 3.01 Å². The van der Waals surface area contributed by atoms with E-state index < -0.39 is 0 Å². The number of hydrogen-bond donors (Lipinski definition) is 0. The van der Waals surface area contributed by atoms with Crippen LogP contribution in [0.25, 0.3) is 0 Å². The Labute approximate surface area is 75.4 Å². The summed E-state index contributed by atoms with van der Waals surface area (Å²) in [6, 6.07) is 0. The lowest BCUT2D eigenvalue weighted by atomic mass is 10.1. The lowest BCUT2D eigenvalue weighted by Crippen LogP contribution is -2.03. The summed E-state index contributed by atoms with van der Waals surface area (Å²) in [5, 5.41) is 0. The van der Waals surface area contributed by atoms with Gasteiger partial charge >= 0.3 is 0 Å². The van der Waals surface area contributed by atoms with Crippen molar-refractivity contribution in [1.29, 1.82) is 0 Å². The first-order chi connectivity index (χ1) is 5.74. The Balaban J connectivity index is 3.88. The van der Waals surface area contributed by atoms with Crippen molar-refractivity contribution in [2.45, 2.75) is 19.8 Å². The minimum Gasteiger partial charge on any atom is -0.212 e. The lowest BCUT2D eigenvalue weighted by molar-refractivity contribution is -0.446. The summed E-state index contributed by atoms with van der Waals surface area (Å²) in [5.74, 6) is 0. The van der Waals surface area contributed by atoms with Gasteiger partial charge in [-0.3, -0.25) is 0 Å². The van der Waals surface area contributed by atoms with Crippen LogP contribution in [0.1, 0.15) is 19.8 Å². The summed E-state index contributed by atoms with van der Waals surface area (Å²) in [7, 11) is 0. The van der Waals surface area contributed by atoms with Gasteiger partial charge in [-0.15, -0.1) is 0 Å². The summed E-state index contributed by atoms with van der Waals surface area (Å²) in [6.45, 7) is 14.2. The molecule has 0 bridgehead atoms. The predicted octanol–water partition coefficient (Wildman–Crippen LogP) is 2.76. The summed E-state index contributed by atoms with van der Waals surface area (Å²) in [6.07, 6.45) is 7.76. The maximum atomic E-state index is 3.79. The van der Waals surface area contributed by atoms with Crippen molar-refractivity contribution < 1.29 is 4.58 Å². The van der Waals surface area contributed by atoms with Gasteiger partial charge in [-0.2, -0.15) is 0 Å². The molecule has 0 heterocycles. The molecular formula is C11H18N+. The Hall–Kier alpha value is -1.11. The Bertz CT molecular complexity index is 199. The molecule has 0 N–H and O–H groups in total. The van der Waals surface area contributed by atoms with Crippen molar-refractivity contribution in [3.8, 4) is 0 Å². The van der Waals surface area contributed by atoms with E-state index in [2.05, 4.69) is 32.9 Å². The minimum absolute atomic E-state index is 0.928. The molecule has 0 aromatic rings. The maximum absolute atomic E-state index is 3.79. The fourth-order valence-corrected chi connectivity index (χ4v) is 0.923. The van der Waals surface area contributed by atoms with Crippen LogP contribution in [0.4, 0.5) is 0 Å². The van der Waals surface area contributed by atoms with Crippen LogP contribution in [0.5, 0.6) is 0 Å². The Morgan fingerprint density at radius 3 is 2.50 bits per heavy atom. The monoisotopic (exact) mass is 164 g/mol. The molecule has 1 heteroatoms. The first kappa shape index (κ1) is 10.9. The second kappa shape index (κ2) is 6.59. The van der Waals surface area contributed by atoms with E-state index in [4.69, 9.17) is 0 Å². The van der Waals surface area contributed by atoms with E-state index in [1.165, 1.54) is 5.57 Å². The van der Waals surface area contributed by atoms with E-state index in [-0.39, 0.29) is 0 Å². The van der Waals surface area contributed by atoms with Crippen molar-refractivity contribution >= 4 is 6.72 Å². The van der Waals surface area contributed by atoms with Gasteiger partial charge in [-0.25, -0.2) is 4.58 Å². The van der Waals surface area contributed by atoms with Gasteiger partial charge in [-0.1, -0.05) is 31.2 Å². The van der Waals surface area contributed by atoms with Crippen molar-refractivity contribution in [2.24, 2.45) is 0 Å². The SMILES string of the molecule is C=C/C=C(\CC)CC[N+](=C)C=C. The van der Waals surface area contributed by atoms with Crippen LogP contribution in [-0.2, 0) is 0 Å². The molecule has 0 amide bonds. The first-order valence-corrected chi connectivity index (χ1v) is 4.24. The largest absolute Gasteiger partial charge is 0.212 e. The molecule has 0 aliphatic carbocycles. The quantitative estimate of drug-likeness (QED) is 0.322. The maximum Gasteiger partial charge on any atom is 0.161 e. The zero-order chi connectivity index (χ0) is 9.40. The van der Waals surface area contributed by atoms with E-state index in [9.17, 15) is 0 Å². The molecule has 0 rings (SSSR count). The van der Waals surface area contributed by atoms with Gasteiger partial charge < -0.3 is 0 Å². The van der Waals surface area contributed by atoms with Gasteiger partial charge in [0.2, 0.25) is 0 Å². The third kappa shape index (κ3) is 4.67. The van der Waals surface area contributed by atoms with E-state index >= 15 is 0 Å². The second-order valence-electron chi connectivity index (χ2n) is 2.66. The summed E-state index contributed by atoms with van der Waals surface area (Å²) >= 11 is 0. The molecule has 66 valence electrons. The molecule has 0 aromatic carbocycles. The summed E-state index contributed by atoms with van der Waals surface area (Å²) in [4.78, 5) is 0. The molecule has 0 radical (unpaired) electrons. The van der Waals surface area contributed by atoms with Gasteiger partial charge in [0.05, 0.1) is 0 Å². The van der Waals surface area contributed by atoms with Crippen LogP contribution in [0, 0.1) is 0 Å². The van der Waals surface area contributed by atoms with Crippen LogP contribution < -0.4 is 0 Å². The molecule has 0 fully saturated rings. The van der Waals surface area contributed by atoms with Gasteiger partial charge in [0.1, 0.15) is 6.72 Å². The van der Waals surface area contributed by atoms with Crippen molar-refractivity contribution in [1.82, 2.24) is 0 Å². The highest BCUT2D eigenvalue weighted by atomic mass is 14.9. The molecular weight excluding hydrogens is 146 g/mol. The van der Waals surface area contributed by atoms with Crippen LogP contribution in [0.15, 0.2) is 37.1 Å². The van der Waals surface area contributed by atoms with Gasteiger partial charge in [0, 0.05) is 6.42 Å². The molecule has 12 heavy (non-hydrogen) atoms. The summed E-state index contributed by atoms with van der Waals surface area (Å²) < 4.78 is 1.84. The van der Waals surface area contributed by atoms with Crippen molar-refractivity contribution in [3.05, 3.63) is 37.1 Å². The molecule has 0 aliphatic rings. The Kier molecular flexibility index (Phi) is 5.98. The third-order valence-corrected chi connectivity index (χ3v) is 1.79. The van der Waals surface area contributed by atoms with Gasteiger partial charge in [-0.05, 0) is 13.0 Å². The third-order valence-electron chi connectivity index (χ3n) is 1.79. The number of allylic oxidation sites excluding steroid dienone is 2. The molecule has 0 saturated heterocycles. The average Bonchev–Trinajstić information content (AvgIpc) is 2.11. The van der Waals surface area contributed by atoms with Crippen molar-refractivity contribution in [2.75, 3.05) is 6.54 Å². The van der Waals surface area contributed by atoms with Crippen LogP contribution in [-0.4, -0.2) is 17.8 Å². The molecule has 0 unspecified atom stereocenters. The highest BCUT2D eigenvalue weighted by molar-refractivity contribution is 5.15. The Morgan fingerprint density at radius 2 is 2.08 bits per heavy atom. The highest BCUT2D eigenvalue weighted by Crippen LogP contribution is 2.05. The van der Waals surface area contributed by atoms with Crippen molar-refractivity contribution in [3.63, 3.8) is 0 Å². The molecule has 0 aromatic heterocycles. The smallest absolute Gasteiger partial charge is 0.161 e. The van der Waals surface area contributed by atoms with Crippen LogP contribution in [0.3, 0.4) is 0 Å². The van der Waals surface area contributed by atoms with Gasteiger partial charge in [0.25, 0.3) is 0 Å². The summed E-state index contributed by atoms with van der Waals surface area (Å²) in [5.41, 5.74) is 1.40. The first-order valence-electron chi connectivity index (χ1n) is 4.24. The molecule has 0 atom stereocenters. The zero-order valence-corrected chi connectivity index (χ0v) is 7.92.